The molecule has 1 aliphatic heterocycles. The third kappa shape index (κ3) is 3.70. The van der Waals surface area contributed by atoms with Crippen LogP contribution in [0.15, 0.2) is 77.9 Å². The fraction of sp³-hybridized carbons (Fsp3) is 0.0909. The van der Waals surface area contributed by atoms with E-state index >= 15 is 0 Å². The van der Waals surface area contributed by atoms with E-state index in [-0.39, 0.29) is 0 Å². The van der Waals surface area contributed by atoms with Crippen molar-refractivity contribution >= 4 is 23.4 Å². The van der Waals surface area contributed by atoms with Gasteiger partial charge in [-0.1, -0.05) is 41.9 Å². The fourth-order valence-electron chi connectivity index (χ4n) is 3.03. The number of pyridine rings is 1. The van der Waals surface area contributed by atoms with E-state index in [0.717, 1.165) is 29.4 Å². The molecule has 3 heteroatoms. The Morgan fingerprint density at radius 1 is 0.920 bits per heavy atom. The van der Waals surface area contributed by atoms with Crippen molar-refractivity contribution in [1.82, 2.24) is 4.98 Å². The summed E-state index contributed by atoms with van der Waals surface area (Å²) in [6, 6.07) is 20.5. The zero-order valence-electron chi connectivity index (χ0n) is 13.7. The van der Waals surface area contributed by atoms with E-state index in [9.17, 15) is 0 Å². The van der Waals surface area contributed by atoms with Gasteiger partial charge in [-0.05, 0) is 65.6 Å². The molecule has 0 saturated heterocycles. The summed E-state index contributed by atoms with van der Waals surface area (Å²) in [5.41, 5.74) is 6.93. The van der Waals surface area contributed by atoms with E-state index in [0.29, 0.717) is 0 Å². The van der Waals surface area contributed by atoms with Crippen LogP contribution in [0.25, 0.3) is 6.08 Å². The summed E-state index contributed by atoms with van der Waals surface area (Å²) < 4.78 is 0. The molecule has 0 amide bonds. The van der Waals surface area contributed by atoms with E-state index in [1.54, 1.807) is 6.20 Å². The highest BCUT2D eigenvalue weighted by atomic mass is 35.5. The van der Waals surface area contributed by atoms with Crippen LogP contribution in [-0.2, 0) is 13.0 Å². The number of fused-ring (bicyclic) bond motifs is 1. The van der Waals surface area contributed by atoms with E-state index in [4.69, 9.17) is 11.6 Å². The number of benzene rings is 2. The summed E-state index contributed by atoms with van der Waals surface area (Å²) in [4.78, 5) is 8.98. The maximum Gasteiger partial charge on any atom is 0.0655 e. The van der Waals surface area contributed by atoms with Crippen LogP contribution >= 0.6 is 11.6 Å². The molecule has 0 unspecified atom stereocenters. The second-order valence-corrected chi connectivity index (χ2v) is 6.52. The van der Waals surface area contributed by atoms with Gasteiger partial charge in [0.05, 0.1) is 18.0 Å². The predicted octanol–water partition coefficient (Wildman–Crippen LogP) is 5.34. The zero-order chi connectivity index (χ0) is 17.1. The quantitative estimate of drug-likeness (QED) is 0.627. The van der Waals surface area contributed by atoms with Crippen molar-refractivity contribution in [3.05, 3.63) is 106 Å². The predicted molar refractivity (Wildman–Crippen MR) is 104 cm³/mol. The molecule has 0 radical (unpaired) electrons. The van der Waals surface area contributed by atoms with Crippen LogP contribution in [0.4, 0.5) is 0 Å². The van der Waals surface area contributed by atoms with Gasteiger partial charge < -0.3 is 0 Å². The van der Waals surface area contributed by atoms with Gasteiger partial charge in [-0.3, -0.25) is 9.98 Å². The smallest absolute Gasteiger partial charge is 0.0655 e. The van der Waals surface area contributed by atoms with Crippen LogP contribution in [0.1, 0.15) is 27.9 Å². The van der Waals surface area contributed by atoms with Crippen LogP contribution in [0.5, 0.6) is 0 Å². The van der Waals surface area contributed by atoms with Crippen molar-refractivity contribution in [3.8, 4) is 0 Å². The normalized spacial score (nSPS) is 13.1. The Morgan fingerprint density at radius 2 is 1.84 bits per heavy atom. The lowest BCUT2D eigenvalue weighted by Crippen LogP contribution is -1.97. The van der Waals surface area contributed by atoms with Gasteiger partial charge in [0.1, 0.15) is 0 Å². The lowest BCUT2D eigenvalue weighted by atomic mass is 9.98. The molecule has 2 aromatic carbocycles. The SMILES string of the molecule is Clc1cccc(Cc2ccc3c(c2)C(/C=C/c2ccccn2)=NC3)c1. The number of nitrogens with zero attached hydrogens (tertiary/aromatic N) is 2. The molecule has 0 saturated carbocycles. The molecular formula is C22H17ClN2. The maximum absolute atomic E-state index is 6.09. The summed E-state index contributed by atoms with van der Waals surface area (Å²) in [6.45, 7) is 0.745. The highest BCUT2D eigenvalue weighted by Crippen LogP contribution is 2.23. The summed E-state index contributed by atoms with van der Waals surface area (Å²) in [5.74, 6) is 0. The minimum absolute atomic E-state index is 0.745. The topological polar surface area (TPSA) is 25.2 Å². The first-order valence-electron chi connectivity index (χ1n) is 8.28. The van der Waals surface area contributed by atoms with Gasteiger partial charge in [0.2, 0.25) is 0 Å². The number of aromatic nitrogens is 1. The molecule has 0 aliphatic carbocycles. The molecule has 0 N–H and O–H groups in total. The number of hydrogen-bond donors (Lipinski definition) is 0. The number of allylic oxidation sites excluding steroid dienone is 1. The van der Waals surface area contributed by atoms with Gasteiger partial charge in [0.15, 0.2) is 0 Å². The van der Waals surface area contributed by atoms with Crippen LogP contribution in [-0.4, -0.2) is 10.7 Å². The average Bonchev–Trinajstić information content (AvgIpc) is 3.03. The van der Waals surface area contributed by atoms with E-state index in [1.807, 2.05) is 42.5 Å². The van der Waals surface area contributed by atoms with Crippen molar-refractivity contribution in [3.63, 3.8) is 0 Å². The molecular weight excluding hydrogens is 328 g/mol. The van der Waals surface area contributed by atoms with Gasteiger partial charge in [-0.25, -0.2) is 0 Å². The Bertz CT molecular complexity index is 959. The molecule has 3 aromatic rings. The second-order valence-electron chi connectivity index (χ2n) is 6.09. The molecule has 1 aliphatic rings. The Kier molecular flexibility index (Phi) is 4.45. The minimum atomic E-state index is 0.745. The third-order valence-electron chi connectivity index (χ3n) is 4.27. The van der Waals surface area contributed by atoms with Gasteiger partial charge >= 0.3 is 0 Å². The van der Waals surface area contributed by atoms with Crippen molar-refractivity contribution in [2.75, 3.05) is 0 Å². The molecule has 0 atom stereocenters. The Morgan fingerprint density at radius 3 is 2.68 bits per heavy atom. The van der Waals surface area contributed by atoms with E-state index in [2.05, 4.69) is 40.3 Å². The largest absolute Gasteiger partial charge is 0.280 e. The first kappa shape index (κ1) is 15.8. The lowest BCUT2D eigenvalue weighted by Gasteiger charge is -2.06. The Hall–Kier alpha value is -2.71. The Labute approximate surface area is 152 Å². The first-order chi connectivity index (χ1) is 12.3. The molecule has 2 heterocycles. The molecule has 1 aromatic heterocycles. The van der Waals surface area contributed by atoms with Crippen molar-refractivity contribution in [1.29, 1.82) is 0 Å². The standard InChI is InChI=1S/C22H17ClN2/c23-19-5-3-4-16(13-19)12-17-7-8-18-15-25-22(21(18)14-17)10-9-20-6-1-2-11-24-20/h1-11,13-14H,12,15H2/b10-9+. The highest BCUT2D eigenvalue weighted by molar-refractivity contribution is 6.30. The van der Waals surface area contributed by atoms with Crippen molar-refractivity contribution < 1.29 is 0 Å². The van der Waals surface area contributed by atoms with Crippen LogP contribution < -0.4 is 0 Å². The first-order valence-corrected chi connectivity index (χ1v) is 8.66. The summed E-state index contributed by atoms with van der Waals surface area (Å²) in [6.07, 6.45) is 6.73. The molecule has 25 heavy (non-hydrogen) atoms. The second kappa shape index (κ2) is 7.04. The van der Waals surface area contributed by atoms with Crippen LogP contribution in [0.2, 0.25) is 5.02 Å². The van der Waals surface area contributed by atoms with Gasteiger partial charge in [-0.15, -0.1) is 0 Å². The minimum Gasteiger partial charge on any atom is -0.280 e. The van der Waals surface area contributed by atoms with Crippen molar-refractivity contribution in [2.24, 2.45) is 4.99 Å². The Balaban J connectivity index is 1.57. The van der Waals surface area contributed by atoms with Crippen LogP contribution in [0.3, 0.4) is 0 Å². The lowest BCUT2D eigenvalue weighted by molar-refractivity contribution is 1.10. The highest BCUT2D eigenvalue weighted by Gasteiger charge is 2.14. The van der Waals surface area contributed by atoms with Crippen molar-refractivity contribution in [2.45, 2.75) is 13.0 Å². The molecule has 0 bridgehead atoms. The van der Waals surface area contributed by atoms with Gasteiger partial charge in [-0.2, -0.15) is 0 Å². The molecule has 4 rings (SSSR count). The number of aliphatic imine (C=N–C) groups is 1. The maximum atomic E-state index is 6.09. The van der Waals surface area contributed by atoms with E-state index < -0.39 is 0 Å². The molecule has 2 nitrogen and oxygen atoms in total. The number of rotatable bonds is 4. The zero-order valence-corrected chi connectivity index (χ0v) is 14.4. The summed E-state index contributed by atoms with van der Waals surface area (Å²) in [7, 11) is 0. The fourth-order valence-corrected chi connectivity index (χ4v) is 3.24. The van der Waals surface area contributed by atoms with E-state index in [1.165, 1.54) is 22.3 Å². The monoisotopic (exact) mass is 344 g/mol. The average molecular weight is 345 g/mol. The molecule has 0 fully saturated rings. The summed E-state index contributed by atoms with van der Waals surface area (Å²) in [5, 5.41) is 0.777. The van der Waals surface area contributed by atoms with Gasteiger partial charge in [0.25, 0.3) is 0 Å². The van der Waals surface area contributed by atoms with Crippen LogP contribution in [0, 0.1) is 0 Å². The third-order valence-corrected chi connectivity index (χ3v) is 4.50. The summed E-state index contributed by atoms with van der Waals surface area (Å²) >= 11 is 6.09. The number of halogens is 1. The number of hydrogen-bond acceptors (Lipinski definition) is 2. The molecule has 122 valence electrons. The van der Waals surface area contributed by atoms with Gasteiger partial charge in [0, 0.05) is 16.8 Å². The molecule has 0 spiro atoms.